The molecule has 0 bridgehead atoms. The number of aromatic nitrogens is 2. The van der Waals surface area contributed by atoms with Gasteiger partial charge in [-0.25, -0.2) is 0 Å². The number of H-pyrrole nitrogens is 1. The van der Waals surface area contributed by atoms with Crippen molar-refractivity contribution in [2.24, 2.45) is 0 Å². The Morgan fingerprint density at radius 3 is 2.48 bits per heavy atom. The number of fused-ring (bicyclic) bond motifs is 1. The quantitative estimate of drug-likeness (QED) is 0.431. The molecule has 0 spiro atoms. The van der Waals surface area contributed by atoms with Crippen LogP contribution < -0.4 is 10.1 Å². The molecule has 2 aromatic carbocycles. The predicted molar refractivity (Wildman–Crippen MR) is 111 cm³/mol. The third-order valence-corrected chi connectivity index (χ3v) is 4.78. The lowest BCUT2D eigenvalue weighted by atomic mass is 10.1. The molecule has 2 aromatic heterocycles. The highest BCUT2D eigenvalue weighted by molar-refractivity contribution is 6.09. The molecule has 0 aliphatic rings. The highest BCUT2D eigenvalue weighted by atomic mass is 19.4. The summed E-state index contributed by atoms with van der Waals surface area (Å²) in [6.45, 7) is 0.306. The standard InChI is InChI=1S/C23H18F3N3O2/c24-23(25,26)17-3-1-15(2-4-17)9-12-31-18-5-6-20-19(13-18)21(14-28-20)29-22(30)16-7-10-27-11-8-16/h1-8,10-11,13-14,28H,9,12H2,(H,29,30). The Kier molecular flexibility index (Phi) is 5.62. The molecule has 2 heterocycles. The minimum Gasteiger partial charge on any atom is -0.493 e. The average Bonchev–Trinajstić information content (AvgIpc) is 3.16. The number of nitrogens with zero attached hydrogens (tertiary/aromatic N) is 1. The Morgan fingerprint density at radius 2 is 1.77 bits per heavy atom. The summed E-state index contributed by atoms with van der Waals surface area (Å²) in [5.41, 5.74) is 2.02. The molecule has 0 saturated heterocycles. The van der Waals surface area contributed by atoms with Gasteiger partial charge in [0, 0.05) is 41.5 Å². The molecule has 0 atom stereocenters. The second-order valence-electron chi connectivity index (χ2n) is 6.89. The van der Waals surface area contributed by atoms with Crippen LogP contribution in [0.2, 0.25) is 0 Å². The molecule has 4 aromatic rings. The average molecular weight is 425 g/mol. The highest BCUT2D eigenvalue weighted by Crippen LogP contribution is 2.30. The number of ether oxygens (including phenoxy) is 1. The number of benzene rings is 2. The number of hydrogen-bond acceptors (Lipinski definition) is 3. The zero-order chi connectivity index (χ0) is 21.8. The third kappa shape index (κ3) is 4.85. The van der Waals surface area contributed by atoms with Gasteiger partial charge in [-0.2, -0.15) is 13.2 Å². The molecule has 0 radical (unpaired) electrons. The van der Waals surface area contributed by atoms with E-state index in [1.165, 1.54) is 12.1 Å². The normalized spacial score (nSPS) is 11.5. The number of amides is 1. The lowest BCUT2D eigenvalue weighted by molar-refractivity contribution is -0.137. The van der Waals surface area contributed by atoms with Gasteiger partial charge >= 0.3 is 6.18 Å². The molecule has 158 valence electrons. The Hall–Kier alpha value is -3.81. The summed E-state index contributed by atoms with van der Waals surface area (Å²) >= 11 is 0. The van der Waals surface area contributed by atoms with E-state index < -0.39 is 11.7 Å². The summed E-state index contributed by atoms with van der Waals surface area (Å²) in [6, 6.07) is 13.7. The van der Waals surface area contributed by atoms with Crippen molar-refractivity contribution in [2.75, 3.05) is 11.9 Å². The van der Waals surface area contributed by atoms with Crippen LogP contribution >= 0.6 is 0 Å². The largest absolute Gasteiger partial charge is 0.493 e. The third-order valence-electron chi connectivity index (χ3n) is 4.78. The van der Waals surface area contributed by atoms with Crippen LogP contribution in [0.15, 0.2) is 73.2 Å². The number of rotatable bonds is 6. The van der Waals surface area contributed by atoms with E-state index in [0.717, 1.165) is 28.6 Å². The van der Waals surface area contributed by atoms with Crippen LogP contribution in [0, 0.1) is 0 Å². The maximum atomic E-state index is 12.6. The predicted octanol–water partition coefficient (Wildman–Crippen LogP) is 5.46. The van der Waals surface area contributed by atoms with Crippen LogP contribution in [0.4, 0.5) is 18.9 Å². The summed E-state index contributed by atoms with van der Waals surface area (Å²) in [5.74, 6) is 0.343. The lowest BCUT2D eigenvalue weighted by Crippen LogP contribution is -2.11. The van der Waals surface area contributed by atoms with Gasteiger partial charge in [-0.15, -0.1) is 0 Å². The number of hydrogen-bond donors (Lipinski definition) is 2. The number of halogens is 3. The Labute approximate surface area is 175 Å². The summed E-state index contributed by atoms with van der Waals surface area (Å²) in [4.78, 5) is 19.4. The van der Waals surface area contributed by atoms with Crippen molar-refractivity contribution >= 4 is 22.5 Å². The number of aromatic amines is 1. The first-order valence-electron chi connectivity index (χ1n) is 9.51. The van der Waals surface area contributed by atoms with Crippen molar-refractivity contribution in [1.82, 2.24) is 9.97 Å². The Bertz CT molecular complexity index is 1190. The van der Waals surface area contributed by atoms with Crippen molar-refractivity contribution < 1.29 is 22.7 Å². The molecular weight excluding hydrogens is 407 g/mol. The van der Waals surface area contributed by atoms with Crippen molar-refractivity contribution in [1.29, 1.82) is 0 Å². The van der Waals surface area contributed by atoms with Gasteiger partial charge in [-0.3, -0.25) is 9.78 Å². The van der Waals surface area contributed by atoms with E-state index in [2.05, 4.69) is 15.3 Å². The SMILES string of the molecule is O=C(Nc1c[nH]c2ccc(OCCc3ccc(C(F)(F)F)cc3)cc12)c1ccncc1. The van der Waals surface area contributed by atoms with Gasteiger partial charge in [0.05, 0.1) is 17.9 Å². The minimum atomic E-state index is -4.34. The van der Waals surface area contributed by atoms with Crippen LogP contribution in [0.3, 0.4) is 0 Å². The van der Waals surface area contributed by atoms with E-state index in [0.29, 0.717) is 30.0 Å². The van der Waals surface area contributed by atoms with Crippen molar-refractivity contribution in [3.05, 3.63) is 89.9 Å². The van der Waals surface area contributed by atoms with Crippen molar-refractivity contribution in [3.63, 3.8) is 0 Å². The molecule has 1 amide bonds. The molecule has 4 rings (SSSR count). The van der Waals surface area contributed by atoms with Gasteiger partial charge in [-0.05, 0) is 48.0 Å². The molecule has 0 unspecified atom stereocenters. The number of carbonyl (C=O) groups excluding carboxylic acids is 1. The van der Waals surface area contributed by atoms with Crippen molar-refractivity contribution in [3.8, 4) is 5.75 Å². The van der Waals surface area contributed by atoms with E-state index in [9.17, 15) is 18.0 Å². The lowest BCUT2D eigenvalue weighted by Gasteiger charge is -2.09. The van der Waals surface area contributed by atoms with E-state index >= 15 is 0 Å². The molecule has 2 N–H and O–H groups in total. The number of carbonyl (C=O) groups is 1. The summed E-state index contributed by atoms with van der Waals surface area (Å²) in [5, 5.41) is 3.65. The van der Waals surface area contributed by atoms with Crippen LogP contribution in [0.25, 0.3) is 10.9 Å². The molecule has 31 heavy (non-hydrogen) atoms. The van der Waals surface area contributed by atoms with Crippen LogP contribution in [0.5, 0.6) is 5.75 Å². The van der Waals surface area contributed by atoms with Gasteiger partial charge in [0.15, 0.2) is 0 Å². The number of pyridine rings is 1. The fraction of sp³-hybridized carbons (Fsp3) is 0.130. The van der Waals surface area contributed by atoms with Gasteiger partial charge in [0.2, 0.25) is 0 Å². The number of anilines is 1. The number of alkyl halides is 3. The molecule has 0 fully saturated rings. The summed E-state index contributed by atoms with van der Waals surface area (Å²) in [6.07, 6.45) is 0.926. The first-order valence-corrected chi connectivity index (χ1v) is 9.51. The molecule has 0 saturated carbocycles. The molecular formula is C23H18F3N3O2. The second kappa shape index (κ2) is 8.51. The minimum absolute atomic E-state index is 0.253. The smallest absolute Gasteiger partial charge is 0.416 e. The van der Waals surface area contributed by atoms with Gasteiger partial charge < -0.3 is 15.0 Å². The molecule has 0 aliphatic carbocycles. The van der Waals surface area contributed by atoms with Crippen LogP contribution in [-0.4, -0.2) is 22.5 Å². The van der Waals surface area contributed by atoms with E-state index in [1.807, 2.05) is 6.07 Å². The summed E-state index contributed by atoms with van der Waals surface area (Å²) < 4.78 is 43.7. The van der Waals surface area contributed by atoms with Gasteiger partial charge in [0.1, 0.15) is 5.75 Å². The maximum absolute atomic E-state index is 12.6. The zero-order valence-corrected chi connectivity index (χ0v) is 16.2. The van der Waals surface area contributed by atoms with Gasteiger partial charge in [-0.1, -0.05) is 12.1 Å². The summed E-state index contributed by atoms with van der Waals surface area (Å²) in [7, 11) is 0. The first kappa shape index (κ1) is 20.5. The fourth-order valence-corrected chi connectivity index (χ4v) is 3.14. The first-order chi connectivity index (χ1) is 14.9. The molecule has 0 aliphatic heterocycles. The molecule has 8 heteroatoms. The molecule has 5 nitrogen and oxygen atoms in total. The van der Waals surface area contributed by atoms with Crippen LogP contribution in [-0.2, 0) is 12.6 Å². The van der Waals surface area contributed by atoms with Crippen molar-refractivity contribution in [2.45, 2.75) is 12.6 Å². The van der Waals surface area contributed by atoms with E-state index in [-0.39, 0.29) is 5.91 Å². The van der Waals surface area contributed by atoms with E-state index in [4.69, 9.17) is 4.74 Å². The Balaban J connectivity index is 1.41. The topological polar surface area (TPSA) is 67.0 Å². The van der Waals surface area contributed by atoms with E-state index in [1.54, 1.807) is 42.9 Å². The monoisotopic (exact) mass is 425 g/mol. The second-order valence-corrected chi connectivity index (χ2v) is 6.89. The van der Waals surface area contributed by atoms with Crippen LogP contribution in [0.1, 0.15) is 21.5 Å². The fourth-order valence-electron chi connectivity index (χ4n) is 3.14. The zero-order valence-electron chi connectivity index (χ0n) is 16.2. The number of nitrogens with one attached hydrogen (secondary N) is 2. The van der Waals surface area contributed by atoms with Gasteiger partial charge in [0.25, 0.3) is 5.91 Å². The highest BCUT2D eigenvalue weighted by Gasteiger charge is 2.29. The maximum Gasteiger partial charge on any atom is 0.416 e. The Morgan fingerprint density at radius 1 is 1.03 bits per heavy atom.